The zero-order valence-corrected chi connectivity index (χ0v) is 12.5. The van der Waals surface area contributed by atoms with E-state index in [1.807, 2.05) is 31.2 Å². The highest BCUT2D eigenvalue weighted by Gasteiger charge is 2.23. The summed E-state index contributed by atoms with van der Waals surface area (Å²) >= 11 is 0. The number of nitrogens with two attached hydrogens (primary N) is 1. The SMILES string of the molecule is COc1cccc(OC)c1-n1c(N)nnc1-c1occc1C. The predicted octanol–water partition coefficient (Wildman–Crippen LogP) is 2.44. The van der Waals surface area contributed by atoms with E-state index in [4.69, 9.17) is 19.6 Å². The van der Waals surface area contributed by atoms with Crippen LogP contribution in [0.2, 0.25) is 0 Å². The lowest BCUT2D eigenvalue weighted by molar-refractivity contribution is 0.391. The molecule has 3 rings (SSSR count). The lowest BCUT2D eigenvalue weighted by Gasteiger charge is -2.15. The largest absolute Gasteiger partial charge is 0.494 e. The fourth-order valence-corrected chi connectivity index (χ4v) is 2.32. The molecule has 2 N–H and O–H groups in total. The second-order valence-corrected chi connectivity index (χ2v) is 4.66. The first-order valence-corrected chi connectivity index (χ1v) is 6.64. The van der Waals surface area contributed by atoms with Gasteiger partial charge in [0, 0.05) is 0 Å². The Balaban J connectivity index is 2.31. The average molecular weight is 300 g/mol. The molecule has 0 atom stereocenters. The number of nitrogens with zero attached hydrogens (tertiary/aromatic N) is 3. The number of benzene rings is 1. The quantitative estimate of drug-likeness (QED) is 0.796. The summed E-state index contributed by atoms with van der Waals surface area (Å²) in [6.07, 6.45) is 1.60. The maximum atomic E-state index is 6.01. The van der Waals surface area contributed by atoms with Gasteiger partial charge in [-0.2, -0.15) is 0 Å². The van der Waals surface area contributed by atoms with Crippen molar-refractivity contribution in [3.63, 3.8) is 0 Å². The minimum Gasteiger partial charge on any atom is -0.494 e. The lowest BCUT2D eigenvalue weighted by Crippen LogP contribution is -2.06. The molecule has 0 spiro atoms. The molecule has 0 aliphatic heterocycles. The van der Waals surface area contributed by atoms with E-state index in [9.17, 15) is 0 Å². The number of nitrogen functional groups attached to an aromatic ring is 1. The Hall–Kier alpha value is -2.96. The molecule has 7 heteroatoms. The second-order valence-electron chi connectivity index (χ2n) is 4.66. The van der Waals surface area contributed by atoms with E-state index in [2.05, 4.69) is 10.2 Å². The Morgan fingerprint density at radius 1 is 1.09 bits per heavy atom. The smallest absolute Gasteiger partial charge is 0.227 e. The van der Waals surface area contributed by atoms with Crippen LogP contribution in [0.4, 0.5) is 5.95 Å². The zero-order chi connectivity index (χ0) is 15.7. The number of para-hydroxylation sites is 1. The van der Waals surface area contributed by atoms with Gasteiger partial charge in [-0.3, -0.25) is 4.57 Å². The maximum Gasteiger partial charge on any atom is 0.227 e. The first-order valence-electron chi connectivity index (χ1n) is 6.64. The summed E-state index contributed by atoms with van der Waals surface area (Å²) in [4.78, 5) is 0. The molecule has 0 bridgehead atoms. The van der Waals surface area contributed by atoms with Crippen molar-refractivity contribution in [1.82, 2.24) is 14.8 Å². The van der Waals surface area contributed by atoms with Crippen LogP contribution in [0.1, 0.15) is 5.56 Å². The first kappa shape index (κ1) is 14.0. The number of ether oxygens (including phenoxy) is 2. The number of anilines is 1. The molecule has 0 fully saturated rings. The van der Waals surface area contributed by atoms with Gasteiger partial charge in [0.1, 0.15) is 17.2 Å². The van der Waals surface area contributed by atoms with Crippen LogP contribution in [-0.2, 0) is 0 Å². The normalized spacial score (nSPS) is 10.7. The third-order valence-corrected chi connectivity index (χ3v) is 3.38. The van der Waals surface area contributed by atoms with E-state index in [0.717, 1.165) is 5.56 Å². The van der Waals surface area contributed by atoms with Crippen LogP contribution in [0.3, 0.4) is 0 Å². The average Bonchev–Trinajstić information content (AvgIpc) is 3.11. The van der Waals surface area contributed by atoms with E-state index in [1.165, 1.54) is 0 Å². The van der Waals surface area contributed by atoms with Gasteiger partial charge >= 0.3 is 0 Å². The number of rotatable bonds is 4. The summed E-state index contributed by atoms with van der Waals surface area (Å²) in [5, 5.41) is 8.09. The van der Waals surface area contributed by atoms with Crippen molar-refractivity contribution in [2.45, 2.75) is 6.92 Å². The molecule has 2 heterocycles. The van der Waals surface area contributed by atoms with Gasteiger partial charge in [-0.05, 0) is 30.7 Å². The van der Waals surface area contributed by atoms with Crippen LogP contribution in [0.15, 0.2) is 34.9 Å². The fraction of sp³-hybridized carbons (Fsp3) is 0.200. The Bertz CT molecular complexity index is 785. The third-order valence-electron chi connectivity index (χ3n) is 3.38. The Morgan fingerprint density at radius 3 is 2.32 bits per heavy atom. The molecule has 0 aliphatic rings. The van der Waals surface area contributed by atoms with Crippen LogP contribution in [0.5, 0.6) is 11.5 Å². The molecular formula is C15H16N4O3. The Kier molecular flexibility index (Phi) is 3.46. The standard InChI is InChI=1S/C15H16N4O3/c1-9-7-8-22-13(9)14-17-18-15(16)19(14)12-10(20-2)5-4-6-11(12)21-3/h4-8H,1-3H3,(H2,16,18). The minimum absolute atomic E-state index is 0.216. The van der Waals surface area contributed by atoms with Crippen molar-refractivity contribution in [3.05, 3.63) is 36.1 Å². The van der Waals surface area contributed by atoms with Gasteiger partial charge in [-0.1, -0.05) is 6.07 Å². The summed E-state index contributed by atoms with van der Waals surface area (Å²) in [5.74, 6) is 2.49. The molecule has 0 radical (unpaired) electrons. The Labute approximate surface area is 127 Å². The molecule has 0 amide bonds. The van der Waals surface area contributed by atoms with E-state index < -0.39 is 0 Å². The number of methoxy groups -OCH3 is 2. The van der Waals surface area contributed by atoms with Crippen molar-refractivity contribution in [3.8, 4) is 28.8 Å². The predicted molar refractivity (Wildman–Crippen MR) is 81.3 cm³/mol. The van der Waals surface area contributed by atoms with Gasteiger partial charge in [0.25, 0.3) is 0 Å². The van der Waals surface area contributed by atoms with E-state index in [1.54, 1.807) is 25.0 Å². The maximum absolute atomic E-state index is 6.01. The molecule has 0 unspecified atom stereocenters. The van der Waals surface area contributed by atoms with E-state index in [-0.39, 0.29) is 5.95 Å². The molecule has 22 heavy (non-hydrogen) atoms. The highest BCUT2D eigenvalue weighted by molar-refractivity contribution is 5.66. The molecule has 3 aromatic rings. The highest BCUT2D eigenvalue weighted by atomic mass is 16.5. The Morgan fingerprint density at radius 2 is 1.77 bits per heavy atom. The van der Waals surface area contributed by atoms with Crippen LogP contribution < -0.4 is 15.2 Å². The van der Waals surface area contributed by atoms with Crippen LogP contribution >= 0.6 is 0 Å². The minimum atomic E-state index is 0.216. The molecule has 0 saturated heterocycles. The highest BCUT2D eigenvalue weighted by Crippen LogP contribution is 2.37. The fourth-order valence-electron chi connectivity index (χ4n) is 2.32. The number of furan rings is 1. The number of aryl methyl sites for hydroxylation is 1. The van der Waals surface area contributed by atoms with Crippen molar-refractivity contribution in [2.24, 2.45) is 0 Å². The third kappa shape index (κ3) is 2.07. The van der Waals surface area contributed by atoms with Crippen molar-refractivity contribution < 1.29 is 13.9 Å². The summed E-state index contributed by atoms with van der Waals surface area (Å²) < 4.78 is 18.0. The molecule has 0 aliphatic carbocycles. The van der Waals surface area contributed by atoms with Gasteiger partial charge in [0.15, 0.2) is 5.76 Å². The first-order chi connectivity index (χ1) is 10.7. The van der Waals surface area contributed by atoms with Gasteiger partial charge in [-0.25, -0.2) is 0 Å². The molecular weight excluding hydrogens is 284 g/mol. The topological polar surface area (TPSA) is 88.3 Å². The number of aromatic nitrogens is 3. The van der Waals surface area contributed by atoms with Gasteiger partial charge < -0.3 is 19.6 Å². The van der Waals surface area contributed by atoms with Crippen molar-refractivity contribution >= 4 is 5.95 Å². The molecule has 7 nitrogen and oxygen atoms in total. The molecule has 114 valence electrons. The molecule has 0 saturated carbocycles. The zero-order valence-electron chi connectivity index (χ0n) is 12.5. The van der Waals surface area contributed by atoms with E-state index in [0.29, 0.717) is 28.8 Å². The van der Waals surface area contributed by atoms with Crippen LogP contribution in [0.25, 0.3) is 17.3 Å². The van der Waals surface area contributed by atoms with Crippen molar-refractivity contribution in [1.29, 1.82) is 0 Å². The van der Waals surface area contributed by atoms with Gasteiger partial charge in [0.2, 0.25) is 11.8 Å². The summed E-state index contributed by atoms with van der Waals surface area (Å²) in [7, 11) is 3.16. The van der Waals surface area contributed by atoms with Crippen LogP contribution in [0, 0.1) is 6.92 Å². The summed E-state index contributed by atoms with van der Waals surface area (Å²) in [6.45, 7) is 1.92. The second kappa shape index (κ2) is 5.44. The number of hydrogen-bond donors (Lipinski definition) is 1. The lowest BCUT2D eigenvalue weighted by atomic mass is 10.2. The van der Waals surface area contributed by atoms with Gasteiger partial charge in [-0.15, -0.1) is 10.2 Å². The molecule has 1 aromatic carbocycles. The van der Waals surface area contributed by atoms with E-state index >= 15 is 0 Å². The summed E-state index contributed by atoms with van der Waals surface area (Å²) in [5.41, 5.74) is 7.57. The molecule has 2 aromatic heterocycles. The monoisotopic (exact) mass is 300 g/mol. The summed E-state index contributed by atoms with van der Waals surface area (Å²) in [6, 6.07) is 7.32. The van der Waals surface area contributed by atoms with Crippen molar-refractivity contribution in [2.75, 3.05) is 20.0 Å². The number of hydrogen-bond acceptors (Lipinski definition) is 6. The van der Waals surface area contributed by atoms with Gasteiger partial charge in [0.05, 0.1) is 20.5 Å². The van der Waals surface area contributed by atoms with Crippen LogP contribution in [-0.4, -0.2) is 29.0 Å².